The molecule has 0 saturated carbocycles. The molecule has 46 heavy (non-hydrogen) atoms. The smallest absolute Gasteiger partial charge is 0.397 e. The van der Waals surface area contributed by atoms with Crippen molar-refractivity contribution in [2.75, 3.05) is 6.61 Å². The minimum atomic E-state index is -1.07. The maximum Gasteiger partial charge on any atom is 0.397 e. The molecule has 3 amide bonds. The summed E-state index contributed by atoms with van der Waals surface area (Å²) in [7, 11) is 0. The van der Waals surface area contributed by atoms with Crippen molar-refractivity contribution >= 4 is 46.9 Å². The highest BCUT2D eigenvalue weighted by Gasteiger charge is 2.25. The molecule has 0 bridgehead atoms. The Labute approximate surface area is 273 Å². The van der Waals surface area contributed by atoms with Gasteiger partial charge in [-0.2, -0.15) is 0 Å². The molecule has 0 spiro atoms. The number of rotatable bonds is 9. The Morgan fingerprint density at radius 3 is 1.50 bits per heavy atom. The maximum atomic E-state index is 13.0. The molecule has 0 atom stereocenters. The number of carbonyl (C=O) groups excluding carboxylic acids is 4. The van der Waals surface area contributed by atoms with Crippen LogP contribution in [-0.2, 0) is 50.1 Å². The molecule has 2 heterocycles. The lowest BCUT2D eigenvalue weighted by Crippen LogP contribution is -2.39. The van der Waals surface area contributed by atoms with Crippen molar-refractivity contribution in [1.82, 2.24) is 19.8 Å². The summed E-state index contributed by atoms with van der Waals surface area (Å²) in [5.41, 5.74) is 7.29. The lowest BCUT2D eigenvalue weighted by molar-refractivity contribution is -0.160. The Bertz CT molecular complexity index is 1660. The first-order valence-electron chi connectivity index (χ1n) is 13.7. The van der Waals surface area contributed by atoms with E-state index in [0.29, 0.717) is 32.6 Å². The van der Waals surface area contributed by atoms with Crippen LogP contribution >= 0.6 is 23.2 Å². The van der Waals surface area contributed by atoms with Crippen molar-refractivity contribution in [3.63, 3.8) is 0 Å². The van der Waals surface area contributed by atoms with E-state index in [1.54, 1.807) is 55.5 Å². The van der Waals surface area contributed by atoms with Crippen LogP contribution in [0.15, 0.2) is 85.2 Å². The van der Waals surface area contributed by atoms with Gasteiger partial charge in [-0.05, 0) is 54.4 Å². The zero-order valence-corrected chi connectivity index (χ0v) is 26.0. The lowest BCUT2D eigenvalue weighted by atomic mass is 10.2. The quantitative estimate of drug-likeness (QED) is 0.198. The zero-order valence-electron chi connectivity index (χ0n) is 24.5. The standard InChI is InChI=1S/C17H16ClFN2O3.C15H13ClFN3O2/c1-2-24-17(23)16(22)21(10-12-5-3-4-6-15(12)18)11-14-8-7-13(19)9-20-14;16-13-4-2-1-3-10(13)8-20(15(22)14(18)21)9-12-6-5-11(17)7-19-12/h3-9H,2,10-11H2,1H3;1-7H,8-9H2,(H2,18,21). The first kappa shape index (κ1) is 35.5. The second-order valence-electron chi connectivity index (χ2n) is 9.53. The summed E-state index contributed by atoms with van der Waals surface area (Å²) in [5, 5.41) is 0.947. The first-order valence-corrected chi connectivity index (χ1v) is 14.5. The highest BCUT2D eigenvalue weighted by atomic mass is 35.5. The van der Waals surface area contributed by atoms with E-state index in [1.165, 1.54) is 34.1 Å². The number of ether oxygens (including phenoxy) is 1. The summed E-state index contributed by atoms with van der Waals surface area (Å²) in [6.07, 6.45) is 2.09. The van der Waals surface area contributed by atoms with Gasteiger partial charge in [0.05, 0.1) is 43.5 Å². The minimum absolute atomic E-state index is 0.0211. The van der Waals surface area contributed by atoms with Crippen LogP contribution in [0, 0.1) is 11.6 Å². The Morgan fingerprint density at radius 1 is 0.696 bits per heavy atom. The number of halogens is 4. The van der Waals surface area contributed by atoms with Gasteiger partial charge in [0.1, 0.15) is 11.6 Å². The summed E-state index contributed by atoms with van der Waals surface area (Å²) in [6.45, 7) is 1.97. The number of amides is 3. The van der Waals surface area contributed by atoms with Gasteiger partial charge in [-0.1, -0.05) is 59.6 Å². The SMILES string of the molecule is CCOC(=O)C(=O)N(Cc1ccc(F)cn1)Cc1ccccc1Cl.NC(=O)C(=O)N(Cc1ccc(F)cn1)Cc1ccccc1Cl. The van der Waals surface area contributed by atoms with Crippen LogP contribution in [0.5, 0.6) is 0 Å². The Hall–Kier alpha value is -4.94. The number of hydrogen-bond acceptors (Lipinski definition) is 7. The number of primary amides is 1. The average Bonchev–Trinajstić information content (AvgIpc) is 3.04. The molecule has 0 radical (unpaired) electrons. The summed E-state index contributed by atoms with van der Waals surface area (Å²) < 4.78 is 30.6. The van der Waals surface area contributed by atoms with Gasteiger partial charge in [-0.3, -0.25) is 24.4 Å². The number of carbonyl (C=O) groups is 4. The van der Waals surface area contributed by atoms with Gasteiger partial charge in [0.25, 0.3) is 0 Å². The maximum absolute atomic E-state index is 13.0. The molecule has 2 aromatic heterocycles. The van der Waals surface area contributed by atoms with Gasteiger partial charge < -0.3 is 20.3 Å². The van der Waals surface area contributed by atoms with Crippen molar-refractivity contribution in [2.24, 2.45) is 5.73 Å². The van der Waals surface area contributed by atoms with E-state index < -0.39 is 35.3 Å². The fourth-order valence-corrected chi connectivity index (χ4v) is 4.32. The molecule has 0 aliphatic heterocycles. The zero-order chi connectivity index (χ0) is 33.6. The largest absolute Gasteiger partial charge is 0.459 e. The van der Waals surface area contributed by atoms with E-state index >= 15 is 0 Å². The third-order valence-corrected chi connectivity index (χ3v) is 6.89. The predicted octanol–water partition coefficient (Wildman–Crippen LogP) is 4.85. The lowest BCUT2D eigenvalue weighted by Gasteiger charge is -2.22. The molecule has 0 fully saturated rings. The average molecular weight is 673 g/mol. The Balaban J connectivity index is 0.000000251. The summed E-state index contributed by atoms with van der Waals surface area (Å²) in [6, 6.07) is 19.3. The van der Waals surface area contributed by atoms with E-state index in [9.17, 15) is 28.0 Å². The molecule has 0 unspecified atom stereocenters. The van der Waals surface area contributed by atoms with Crippen LogP contribution in [-0.4, -0.2) is 50.1 Å². The van der Waals surface area contributed by atoms with E-state index in [0.717, 1.165) is 12.4 Å². The van der Waals surface area contributed by atoms with Crippen LogP contribution in [0.2, 0.25) is 10.0 Å². The topological polar surface area (TPSA) is 136 Å². The molecule has 14 heteroatoms. The van der Waals surface area contributed by atoms with Gasteiger partial charge in [0.15, 0.2) is 0 Å². The fourth-order valence-electron chi connectivity index (χ4n) is 3.93. The van der Waals surface area contributed by atoms with Crippen molar-refractivity contribution in [3.05, 3.63) is 129 Å². The molecule has 0 saturated heterocycles. The van der Waals surface area contributed by atoms with Crippen LogP contribution < -0.4 is 5.73 Å². The summed E-state index contributed by atoms with van der Waals surface area (Å²) in [5.74, 6) is -4.65. The fraction of sp³-hybridized carbons (Fsp3) is 0.188. The number of aromatic nitrogens is 2. The molecular formula is C32H29Cl2F2N5O5. The predicted molar refractivity (Wildman–Crippen MR) is 166 cm³/mol. The number of benzene rings is 2. The molecule has 2 aromatic carbocycles. The third kappa shape index (κ3) is 10.9. The number of hydrogen-bond donors (Lipinski definition) is 1. The second kappa shape index (κ2) is 17.5. The van der Waals surface area contributed by atoms with Crippen molar-refractivity contribution in [2.45, 2.75) is 33.1 Å². The van der Waals surface area contributed by atoms with Crippen molar-refractivity contribution < 1.29 is 32.7 Å². The van der Waals surface area contributed by atoms with E-state index in [1.807, 2.05) is 0 Å². The molecule has 0 aliphatic rings. The molecule has 4 aromatic rings. The molecular weight excluding hydrogens is 643 g/mol. The van der Waals surface area contributed by atoms with Crippen molar-refractivity contribution in [1.29, 1.82) is 0 Å². The van der Waals surface area contributed by atoms with E-state index in [-0.39, 0.29) is 32.8 Å². The normalized spacial score (nSPS) is 10.3. The molecule has 240 valence electrons. The Morgan fingerprint density at radius 2 is 1.13 bits per heavy atom. The second-order valence-corrected chi connectivity index (χ2v) is 10.3. The highest BCUT2D eigenvalue weighted by Crippen LogP contribution is 2.20. The van der Waals surface area contributed by atoms with E-state index in [4.69, 9.17) is 33.7 Å². The number of nitrogens with zero attached hydrogens (tertiary/aromatic N) is 4. The summed E-state index contributed by atoms with van der Waals surface area (Å²) in [4.78, 5) is 57.5. The molecule has 10 nitrogen and oxygen atoms in total. The monoisotopic (exact) mass is 671 g/mol. The van der Waals surface area contributed by atoms with Crippen LogP contribution in [0.3, 0.4) is 0 Å². The first-order chi connectivity index (χ1) is 22.0. The summed E-state index contributed by atoms with van der Waals surface area (Å²) >= 11 is 12.2. The van der Waals surface area contributed by atoms with E-state index in [2.05, 4.69) is 9.97 Å². The minimum Gasteiger partial charge on any atom is -0.459 e. The number of pyridine rings is 2. The molecule has 4 rings (SSSR count). The third-order valence-electron chi connectivity index (χ3n) is 6.16. The van der Waals surface area contributed by atoms with Gasteiger partial charge in [0, 0.05) is 23.1 Å². The van der Waals surface area contributed by atoms with Crippen LogP contribution in [0.4, 0.5) is 8.78 Å². The van der Waals surface area contributed by atoms with Gasteiger partial charge in [-0.25, -0.2) is 13.6 Å². The van der Waals surface area contributed by atoms with Crippen molar-refractivity contribution in [3.8, 4) is 0 Å². The number of nitrogens with two attached hydrogens (primary N) is 1. The highest BCUT2D eigenvalue weighted by molar-refractivity contribution is 6.34. The molecule has 2 N–H and O–H groups in total. The van der Waals surface area contributed by atoms with Gasteiger partial charge >= 0.3 is 23.7 Å². The van der Waals surface area contributed by atoms with Crippen LogP contribution in [0.25, 0.3) is 0 Å². The number of esters is 1. The molecule has 0 aliphatic carbocycles. The van der Waals surface area contributed by atoms with Gasteiger partial charge in [-0.15, -0.1) is 0 Å². The van der Waals surface area contributed by atoms with Crippen LogP contribution in [0.1, 0.15) is 29.4 Å². The van der Waals surface area contributed by atoms with Gasteiger partial charge in [0.2, 0.25) is 0 Å². The Kier molecular flexibility index (Phi) is 13.5.